The number of anilines is 2. The van der Waals surface area contributed by atoms with Gasteiger partial charge in [-0.1, -0.05) is 18.2 Å². The lowest BCUT2D eigenvalue weighted by Crippen LogP contribution is -2.18. The lowest BCUT2D eigenvalue weighted by molar-refractivity contribution is -0.137. The van der Waals surface area contributed by atoms with E-state index in [0.29, 0.717) is 0 Å². The molecule has 2 aromatic rings. The van der Waals surface area contributed by atoms with Crippen molar-refractivity contribution in [2.45, 2.75) is 25.4 Å². The largest absolute Gasteiger partial charge is 0.416 e. The van der Waals surface area contributed by atoms with Crippen molar-refractivity contribution in [1.29, 1.82) is 0 Å². The van der Waals surface area contributed by atoms with E-state index in [1.54, 1.807) is 12.1 Å². The number of fused-ring (bicyclic) bond motifs is 1. The van der Waals surface area contributed by atoms with Gasteiger partial charge in [0.05, 0.1) is 5.56 Å². The predicted octanol–water partition coefficient (Wildman–Crippen LogP) is 5.18. The van der Waals surface area contributed by atoms with Gasteiger partial charge < -0.3 is 4.90 Å². The van der Waals surface area contributed by atoms with E-state index >= 15 is 0 Å². The fourth-order valence-corrected chi connectivity index (χ4v) is 2.79. The summed E-state index contributed by atoms with van der Waals surface area (Å²) in [6, 6.07) is 13.5. The van der Waals surface area contributed by atoms with Gasteiger partial charge in [-0.2, -0.15) is 13.2 Å². The van der Waals surface area contributed by atoms with Gasteiger partial charge in [0, 0.05) is 17.9 Å². The van der Waals surface area contributed by atoms with Crippen molar-refractivity contribution in [1.82, 2.24) is 0 Å². The summed E-state index contributed by atoms with van der Waals surface area (Å²) in [6.45, 7) is 0.836. The van der Waals surface area contributed by atoms with Crippen LogP contribution in [0.4, 0.5) is 24.5 Å². The highest BCUT2D eigenvalue weighted by molar-refractivity contribution is 5.67. The van der Waals surface area contributed by atoms with Gasteiger partial charge >= 0.3 is 6.18 Å². The number of halogens is 3. The summed E-state index contributed by atoms with van der Waals surface area (Å²) in [6.07, 6.45) is -1.12. The first-order valence-electron chi connectivity index (χ1n) is 7.08. The highest BCUT2D eigenvalue weighted by atomic mass is 19.4. The Balaban J connectivity index is 1.96. The minimum Gasteiger partial charge on any atom is -0.341 e. The molecule has 0 saturated carbocycles. The first-order valence-corrected chi connectivity index (χ1v) is 7.08. The molecule has 1 aliphatic rings. The molecule has 0 atom stereocenters. The summed E-state index contributed by atoms with van der Waals surface area (Å²) in [7, 11) is 0. The van der Waals surface area contributed by atoms with Gasteiger partial charge in [-0.15, -0.1) is 0 Å². The van der Waals surface area contributed by atoms with Crippen molar-refractivity contribution >= 4 is 11.4 Å². The third-order valence-electron chi connectivity index (χ3n) is 3.87. The predicted molar refractivity (Wildman–Crippen MR) is 77.8 cm³/mol. The molecular formula is C17H16F3N. The van der Waals surface area contributed by atoms with E-state index in [1.807, 2.05) is 18.2 Å². The van der Waals surface area contributed by atoms with E-state index in [-0.39, 0.29) is 0 Å². The van der Waals surface area contributed by atoms with Crippen LogP contribution in [0.5, 0.6) is 0 Å². The van der Waals surface area contributed by atoms with Gasteiger partial charge in [0.2, 0.25) is 0 Å². The Morgan fingerprint density at radius 3 is 2.29 bits per heavy atom. The van der Waals surface area contributed by atoms with Crippen molar-refractivity contribution in [2.24, 2.45) is 0 Å². The molecule has 0 spiro atoms. The second kappa shape index (κ2) is 5.43. The zero-order chi connectivity index (χ0) is 14.9. The first kappa shape index (κ1) is 14.0. The van der Waals surface area contributed by atoms with Crippen molar-refractivity contribution in [3.63, 3.8) is 0 Å². The summed E-state index contributed by atoms with van der Waals surface area (Å²) in [5, 5.41) is 0. The SMILES string of the molecule is FC(F)(F)c1ccc(N2CCCCc3ccccc32)cc1. The summed E-state index contributed by atoms with van der Waals surface area (Å²) >= 11 is 0. The molecule has 2 aromatic carbocycles. The van der Waals surface area contributed by atoms with Crippen molar-refractivity contribution in [2.75, 3.05) is 11.4 Å². The second-order valence-corrected chi connectivity index (χ2v) is 5.28. The number of aryl methyl sites for hydroxylation is 1. The van der Waals surface area contributed by atoms with E-state index in [4.69, 9.17) is 0 Å². The minimum atomic E-state index is -4.28. The number of benzene rings is 2. The summed E-state index contributed by atoms with van der Waals surface area (Å²) < 4.78 is 38.0. The molecule has 21 heavy (non-hydrogen) atoms. The summed E-state index contributed by atoms with van der Waals surface area (Å²) in [5.41, 5.74) is 2.58. The van der Waals surface area contributed by atoms with Crippen LogP contribution in [0, 0.1) is 0 Å². The Labute approximate surface area is 122 Å². The standard InChI is InChI=1S/C17H16F3N/c18-17(19,20)14-8-10-15(11-9-14)21-12-4-3-6-13-5-1-2-7-16(13)21/h1-2,5,7-11H,3-4,6,12H2. The quantitative estimate of drug-likeness (QED) is 0.699. The van der Waals surface area contributed by atoms with Crippen LogP contribution in [-0.2, 0) is 12.6 Å². The minimum absolute atomic E-state index is 0.602. The number of rotatable bonds is 1. The Bertz CT molecular complexity index is 617. The van der Waals surface area contributed by atoms with Crippen LogP contribution in [0.1, 0.15) is 24.0 Å². The third kappa shape index (κ3) is 2.89. The van der Waals surface area contributed by atoms with Crippen LogP contribution in [0.25, 0.3) is 0 Å². The lowest BCUT2D eigenvalue weighted by Gasteiger charge is -2.25. The molecular weight excluding hydrogens is 275 g/mol. The lowest BCUT2D eigenvalue weighted by atomic mass is 10.1. The Hall–Kier alpha value is -1.97. The van der Waals surface area contributed by atoms with Crippen LogP contribution in [0.3, 0.4) is 0 Å². The van der Waals surface area contributed by atoms with Crippen LogP contribution in [-0.4, -0.2) is 6.54 Å². The zero-order valence-corrected chi connectivity index (χ0v) is 11.5. The molecule has 0 N–H and O–H groups in total. The highest BCUT2D eigenvalue weighted by Crippen LogP contribution is 2.35. The molecule has 0 aromatic heterocycles. The smallest absolute Gasteiger partial charge is 0.341 e. The van der Waals surface area contributed by atoms with E-state index in [9.17, 15) is 13.2 Å². The van der Waals surface area contributed by atoms with Crippen LogP contribution in [0.2, 0.25) is 0 Å². The number of nitrogens with zero attached hydrogens (tertiary/aromatic N) is 1. The normalized spacial score (nSPS) is 15.5. The van der Waals surface area contributed by atoms with Crippen LogP contribution in [0.15, 0.2) is 48.5 Å². The molecule has 0 radical (unpaired) electrons. The Kier molecular flexibility index (Phi) is 3.62. The molecule has 1 nitrogen and oxygen atoms in total. The first-order chi connectivity index (χ1) is 10.1. The maximum absolute atomic E-state index is 12.7. The number of alkyl halides is 3. The van der Waals surface area contributed by atoms with E-state index in [0.717, 1.165) is 49.3 Å². The monoisotopic (exact) mass is 291 g/mol. The fourth-order valence-electron chi connectivity index (χ4n) is 2.79. The second-order valence-electron chi connectivity index (χ2n) is 5.28. The average Bonchev–Trinajstić information content (AvgIpc) is 2.69. The van der Waals surface area contributed by atoms with Crippen LogP contribution < -0.4 is 4.90 Å². The average molecular weight is 291 g/mol. The van der Waals surface area contributed by atoms with Crippen molar-refractivity contribution < 1.29 is 13.2 Å². The molecule has 1 aliphatic heterocycles. The van der Waals surface area contributed by atoms with Crippen molar-refractivity contribution in [3.8, 4) is 0 Å². The van der Waals surface area contributed by atoms with Gasteiger partial charge in [0.15, 0.2) is 0 Å². The molecule has 110 valence electrons. The molecule has 0 amide bonds. The number of hydrogen-bond donors (Lipinski definition) is 0. The molecule has 0 bridgehead atoms. The molecule has 3 rings (SSSR count). The maximum Gasteiger partial charge on any atom is 0.416 e. The molecule has 0 fully saturated rings. The zero-order valence-electron chi connectivity index (χ0n) is 11.5. The molecule has 0 unspecified atom stereocenters. The third-order valence-corrected chi connectivity index (χ3v) is 3.87. The summed E-state index contributed by atoms with van der Waals surface area (Å²) in [4.78, 5) is 2.11. The number of hydrogen-bond acceptors (Lipinski definition) is 1. The van der Waals surface area contributed by atoms with Gasteiger partial charge in [0.1, 0.15) is 0 Å². The number of para-hydroxylation sites is 1. The van der Waals surface area contributed by atoms with Gasteiger partial charge in [0.25, 0.3) is 0 Å². The summed E-state index contributed by atoms with van der Waals surface area (Å²) in [5.74, 6) is 0. The Morgan fingerprint density at radius 1 is 0.857 bits per heavy atom. The van der Waals surface area contributed by atoms with Gasteiger partial charge in [-0.25, -0.2) is 0 Å². The van der Waals surface area contributed by atoms with E-state index < -0.39 is 11.7 Å². The molecule has 4 heteroatoms. The molecule has 0 saturated heterocycles. The van der Waals surface area contributed by atoms with E-state index in [1.165, 1.54) is 5.56 Å². The Morgan fingerprint density at radius 2 is 1.57 bits per heavy atom. The fraction of sp³-hybridized carbons (Fsp3) is 0.294. The van der Waals surface area contributed by atoms with Gasteiger partial charge in [-0.05, 0) is 55.2 Å². The topological polar surface area (TPSA) is 3.24 Å². The van der Waals surface area contributed by atoms with E-state index in [2.05, 4.69) is 11.0 Å². The highest BCUT2D eigenvalue weighted by Gasteiger charge is 2.30. The molecule has 0 aliphatic carbocycles. The van der Waals surface area contributed by atoms with Crippen LogP contribution >= 0.6 is 0 Å². The van der Waals surface area contributed by atoms with Crippen molar-refractivity contribution in [3.05, 3.63) is 59.7 Å². The molecule has 1 heterocycles. The maximum atomic E-state index is 12.7. The van der Waals surface area contributed by atoms with Gasteiger partial charge in [-0.3, -0.25) is 0 Å².